The smallest absolute Gasteiger partial charge is 0.326 e. The number of amides is 2. The van der Waals surface area contributed by atoms with Crippen molar-refractivity contribution in [1.29, 1.82) is 0 Å². The van der Waals surface area contributed by atoms with Crippen LogP contribution in [-0.4, -0.2) is 41.8 Å². The Kier molecular flexibility index (Phi) is 6.65. The summed E-state index contributed by atoms with van der Waals surface area (Å²) in [7, 11) is 0. The van der Waals surface area contributed by atoms with Crippen LogP contribution in [0.5, 0.6) is 0 Å². The fraction of sp³-hybridized carbons (Fsp3) is 0.240. The zero-order valence-electron chi connectivity index (χ0n) is 17.6. The van der Waals surface area contributed by atoms with Crippen molar-refractivity contribution < 1.29 is 19.1 Å². The Hall–Kier alpha value is -3.87. The van der Waals surface area contributed by atoms with Gasteiger partial charge in [0.25, 0.3) is 11.8 Å². The third-order valence-corrected chi connectivity index (χ3v) is 5.40. The minimum Gasteiger partial charge on any atom is -0.459 e. The van der Waals surface area contributed by atoms with E-state index in [-0.39, 0.29) is 31.5 Å². The van der Waals surface area contributed by atoms with Crippen molar-refractivity contribution in [3.05, 3.63) is 95.3 Å². The second kappa shape index (κ2) is 9.96. The van der Waals surface area contributed by atoms with Crippen molar-refractivity contribution in [2.75, 3.05) is 13.1 Å². The number of nitrogens with zero attached hydrogens (tertiary/aromatic N) is 1. The standard InChI is InChI=1S/C25H25N3O4/c29-23(32-17-18-9-3-1-4-10-18)16-28-22-14-8-7-13-20(22)26-15-21(25(28)31)27-24(30)19-11-5-2-6-12-19/h1-7,9-13,21,26H,8,14-17H2,(H,27,30)/t21-/m0/s1. The molecule has 0 fully saturated rings. The highest BCUT2D eigenvalue weighted by Gasteiger charge is 2.34. The summed E-state index contributed by atoms with van der Waals surface area (Å²) in [5.74, 6) is -1.18. The van der Waals surface area contributed by atoms with E-state index in [0.717, 1.165) is 23.4 Å². The van der Waals surface area contributed by atoms with Crippen LogP contribution >= 0.6 is 0 Å². The molecule has 32 heavy (non-hydrogen) atoms. The number of esters is 1. The van der Waals surface area contributed by atoms with E-state index in [1.165, 1.54) is 4.90 Å². The van der Waals surface area contributed by atoms with Gasteiger partial charge in [0.2, 0.25) is 0 Å². The average molecular weight is 431 g/mol. The fourth-order valence-electron chi connectivity index (χ4n) is 3.74. The van der Waals surface area contributed by atoms with Crippen LogP contribution in [0, 0.1) is 0 Å². The molecule has 0 unspecified atom stereocenters. The van der Waals surface area contributed by atoms with Crippen LogP contribution in [0.3, 0.4) is 0 Å². The molecule has 0 saturated carbocycles. The quantitative estimate of drug-likeness (QED) is 0.687. The van der Waals surface area contributed by atoms with E-state index < -0.39 is 12.0 Å². The normalized spacial score (nSPS) is 17.8. The van der Waals surface area contributed by atoms with Crippen molar-refractivity contribution in [3.63, 3.8) is 0 Å². The van der Waals surface area contributed by atoms with Crippen molar-refractivity contribution in [2.24, 2.45) is 0 Å². The van der Waals surface area contributed by atoms with E-state index in [1.54, 1.807) is 24.3 Å². The monoisotopic (exact) mass is 431 g/mol. The van der Waals surface area contributed by atoms with Crippen LogP contribution in [0.1, 0.15) is 28.8 Å². The van der Waals surface area contributed by atoms with Gasteiger partial charge in [-0.2, -0.15) is 0 Å². The number of hydrogen-bond donors (Lipinski definition) is 2. The van der Waals surface area contributed by atoms with Gasteiger partial charge < -0.3 is 20.3 Å². The third kappa shape index (κ3) is 5.06. The zero-order chi connectivity index (χ0) is 22.3. The fourth-order valence-corrected chi connectivity index (χ4v) is 3.74. The molecule has 164 valence electrons. The summed E-state index contributed by atoms with van der Waals surface area (Å²) in [6, 6.07) is 17.3. The lowest BCUT2D eigenvalue weighted by Gasteiger charge is -2.27. The molecule has 1 aliphatic carbocycles. The number of allylic oxidation sites excluding steroid dienone is 3. The van der Waals surface area contributed by atoms with Gasteiger partial charge in [0.05, 0.1) is 5.70 Å². The van der Waals surface area contributed by atoms with Gasteiger partial charge >= 0.3 is 5.97 Å². The first-order valence-corrected chi connectivity index (χ1v) is 10.6. The van der Waals surface area contributed by atoms with Crippen molar-refractivity contribution in [1.82, 2.24) is 15.5 Å². The van der Waals surface area contributed by atoms with Crippen LogP contribution in [-0.2, 0) is 20.9 Å². The van der Waals surface area contributed by atoms with Crippen molar-refractivity contribution in [3.8, 4) is 0 Å². The Morgan fingerprint density at radius 3 is 2.53 bits per heavy atom. The number of carbonyl (C=O) groups excluding carboxylic acids is 3. The average Bonchev–Trinajstić information content (AvgIpc) is 2.96. The van der Waals surface area contributed by atoms with Gasteiger partial charge in [-0.1, -0.05) is 54.6 Å². The molecule has 1 atom stereocenters. The molecule has 0 bridgehead atoms. The van der Waals surface area contributed by atoms with Crippen molar-refractivity contribution in [2.45, 2.75) is 25.5 Å². The number of ether oxygens (including phenoxy) is 1. The Morgan fingerprint density at radius 2 is 1.78 bits per heavy atom. The van der Waals surface area contributed by atoms with Gasteiger partial charge in [-0.3, -0.25) is 14.4 Å². The molecule has 2 aromatic rings. The number of rotatable bonds is 6. The maximum Gasteiger partial charge on any atom is 0.326 e. The molecule has 2 aliphatic rings. The van der Waals surface area contributed by atoms with Crippen molar-refractivity contribution >= 4 is 17.8 Å². The summed E-state index contributed by atoms with van der Waals surface area (Å²) in [4.78, 5) is 40.1. The third-order valence-electron chi connectivity index (χ3n) is 5.40. The van der Waals surface area contributed by atoms with Crippen LogP contribution in [0.4, 0.5) is 0 Å². The van der Waals surface area contributed by atoms with E-state index in [1.807, 2.05) is 48.6 Å². The van der Waals surface area contributed by atoms with Gasteiger partial charge in [0.1, 0.15) is 19.2 Å². The van der Waals surface area contributed by atoms with E-state index in [2.05, 4.69) is 10.6 Å². The van der Waals surface area contributed by atoms with Gasteiger partial charge in [0.15, 0.2) is 0 Å². The topological polar surface area (TPSA) is 87.7 Å². The van der Waals surface area contributed by atoms with Gasteiger partial charge in [-0.15, -0.1) is 0 Å². The van der Waals surface area contributed by atoms with E-state index >= 15 is 0 Å². The Morgan fingerprint density at radius 1 is 1.06 bits per heavy atom. The van der Waals surface area contributed by atoms with Crippen LogP contribution in [0.25, 0.3) is 0 Å². The molecule has 2 N–H and O–H groups in total. The summed E-state index contributed by atoms with van der Waals surface area (Å²) >= 11 is 0. The molecule has 2 aromatic carbocycles. The molecular formula is C25H25N3O4. The minimum atomic E-state index is -0.816. The van der Waals surface area contributed by atoms with Gasteiger partial charge in [-0.25, -0.2) is 0 Å². The van der Waals surface area contributed by atoms with E-state index in [4.69, 9.17) is 4.74 Å². The first-order valence-electron chi connectivity index (χ1n) is 10.6. The largest absolute Gasteiger partial charge is 0.459 e. The number of carbonyl (C=O) groups is 3. The molecule has 1 heterocycles. The summed E-state index contributed by atoms with van der Waals surface area (Å²) in [6.07, 6.45) is 5.32. The van der Waals surface area contributed by atoms with Crippen LogP contribution < -0.4 is 10.6 Å². The molecule has 0 saturated heterocycles. The van der Waals surface area contributed by atoms with Crippen LogP contribution in [0.15, 0.2) is 84.2 Å². The Bertz CT molecular complexity index is 1050. The van der Waals surface area contributed by atoms with Gasteiger partial charge in [-0.05, 0) is 36.6 Å². The molecule has 4 rings (SSSR count). The lowest BCUT2D eigenvalue weighted by Crippen LogP contribution is -2.51. The highest BCUT2D eigenvalue weighted by molar-refractivity contribution is 5.98. The van der Waals surface area contributed by atoms with E-state index in [9.17, 15) is 14.4 Å². The minimum absolute atomic E-state index is 0.139. The molecule has 0 radical (unpaired) electrons. The summed E-state index contributed by atoms with van der Waals surface area (Å²) in [5, 5.41) is 6.05. The second-order valence-electron chi connectivity index (χ2n) is 7.65. The molecule has 7 heteroatoms. The van der Waals surface area contributed by atoms with Crippen LogP contribution in [0.2, 0.25) is 0 Å². The molecule has 2 amide bonds. The SMILES string of the molecule is O=C(CN1C(=O)[C@@H](NC(=O)c2ccccc2)CNC2=C1CCC=C2)OCc1ccccc1. The molecule has 1 aliphatic heterocycles. The molecular weight excluding hydrogens is 406 g/mol. The summed E-state index contributed by atoms with van der Waals surface area (Å²) < 4.78 is 5.40. The predicted octanol–water partition coefficient (Wildman–Crippen LogP) is 2.52. The number of hydrogen-bond acceptors (Lipinski definition) is 5. The lowest BCUT2D eigenvalue weighted by atomic mass is 10.1. The number of nitrogens with one attached hydrogen (secondary N) is 2. The summed E-state index contributed by atoms with van der Waals surface area (Å²) in [6.45, 7) is 0.161. The second-order valence-corrected chi connectivity index (χ2v) is 7.65. The number of benzene rings is 2. The predicted molar refractivity (Wildman–Crippen MR) is 119 cm³/mol. The maximum absolute atomic E-state index is 13.4. The molecule has 7 nitrogen and oxygen atoms in total. The first kappa shape index (κ1) is 21.4. The van der Waals surface area contributed by atoms with E-state index in [0.29, 0.717) is 12.0 Å². The molecule has 0 aromatic heterocycles. The Balaban J connectivity index is 1.48. The lowest BCUT2D eigenvalue weighted by molar-refractivity contribution is -0.149. The molecule has 0 spiro atoms. The highest BCUT2D eigenvalue weighted by atomic mass is 16.5. The van der Waals surface area contributed by atoms with Gasteiger partial charge in [0, 0.05) is 17.8 Å². The first-order chi connectivity index (χ1) is 15.6. The maximum atomic E-state index is 13.4. The highest BCUT2D eigenvalue weighted by Crippen LogP contribution is 2.24. The summed E-state index contributed by atoms with van der Waals surface area (Å²) in [5.41, 5.74) is 2.87. The zero-order valence-corrected chi connectivity index (χ0v) is 17.6. The Labute approximate surface area is 186 Å².